The van der Waals surface area contributed by atoms with Gasteiger partial charge in [-0.3, -0.25) is 4.79 Å². The second-order valence-corrected chi connectivity index (χ2v) is 7.58. The van der Waals surface area contributed by atoms with Gasteiger partial charge in [-0.05, 0) is 36.8 Å². The molecule has 0 aliphatic carbocycles. The maximum atomic E-state index is 12.2. The van der Waals surface area contributed by atoms with E-state index in [4.69, 9.17) is 14.2 Å². The highest BCUT2D eigenvalue weighted by Gasteiger charge is 2.32. The van der Waals surface area contributed by atoms with Crippen LogP contribution in [0.2, 0.25) is 0 Å². The standard InChI is InChI=1S/C21H22N2O4S/c1-3-26-15-9-7-14(8-10-15)11-19(24)27-16-12-23(13-16)21-22-20-17(25-2)5-4-6-18(20)28-21/h4-10,16H,3,11-13H2,1-2H3. The Morgan fingerprint density at radius 1 is 1.21 bits per heavy atom. The number of methoxy groups -OCH3 is 1. The molecule has 28 heavy (non-hydrogen) atoms. The number of esters is 1. The molecule has 1 saturated heterocycles. The largest absolute Gasteiger partial charge is 0.494 e. The van der Waals surface area contributed by atoms with Crippen LogP contribution in [-0.4, -0.2) is 43.9 Å². The van der Waals surface area contributed by atoms with E-state index in [9.17, 15) is 4.79 Å². The smallest absolute Gasteiger partial charge is 0.310 e. The number of hydrogen-bond acceptors (Lipinski definition) is 7. The van der Waals surface area contributed by atoms with Gasteiger partial charge >= 0.3 is 5.97 Å². The predicted octanol–water partition coefficient (Wildman–Crippen LogP) is 3.68. The molecule has 2 heterocycles. The molecule has 0 spiro atoms. The molecule has 146 valence electrons. The molecule has 0 bridgehead atoms. The van der Waals surface area contributed by atoms with E-state index >= 15 is 0 Å². The monoisotopic (exact) mass is 398 g/mol. The predicted molar refractivity (Wildman–Crippen MR) is 110 cm³/mol. The van der Waals surface area contributed by atoms with Gasteiger partial charge in [0.1, 0.15) is 23.1 Å². The third-order valence-corrected chi connectivity index (χ3v) is 5.67. The van der Waals surface area contributed by atoms with Gasteiger partial charge in [0.2, 0.25) is 0 Å². The molecular formula is C21H22N2O4S. The summed E-state index contributed by atoms with van der Waals surface area (Å²) in [6, 6.07) is 13.4. The van der Waals surface area contributed by atoms with Crippen LogP contribution in [0.1, 0.15) is 12.5 Å². The summed E-state index contributed by atoms with van der Waals surface area (Å²) in [7, 11) is 1.65. The van der Waals surface area contributed by atoms with E-state index in [1.54, 1.807) is 18.4 Å². The zero-order valence-electron chi connectivity index (χ0n) is 15.9. The van der Waals surface area contributed by atoms with Crippen molar-refractivity contribution in [3.63, 3.8) is 0 Å². The Kier molecular flexibility index (Phi) is 5.34. The van der Waals surface area contributed by atoms with Gasteiger partial charge < -0.3 is 19.1 Å². The number of fused-ring (bicyclic) bond motifs is 1. The van der Waals surface area contributed by atoms with Crippen LogP contribution >= 0.6 is 11.3 Å². The Morgan fingerprint density at radius 2 is 2.00 bits per heavy atom. The minimum absolute atomic E-state index is 0.0934. The first-order valence-corrected chi connectivity index (χ1v) is 10.1. The number of carbonyl (C=O) groups is 1. The van der Waals surface area contributed by atoms with Crippen molar-refractivity contribution in [2.24, 2.45) is 0 Å². The van der Waals surface area contributed by atoms with Crippen molar-refractivity contribution in [1.82, 2.24) is 4.98 Å². The van der Waals surface area contributed by atoms with Gasteiger partial charge in [-0.2, -0.15) is 0 Å². The minimum Gasteiger partial charge on any atom is -0.494 e. The molecule has 0 radical (unpaired) electrons. The number of aromatic nitrogens is 1. The molecule has 3 aromatic rings. The van der Waals surface area contributed by atoms with Crippen molar-refractivity contribution in [1.29, 1.82) is 0 Å². The molecule has 1 aliphatic heterocycles. The van der Waals surface area contributed by atoms with Gasteiger partial charge in [0.15, 0.2) is 5.13 Å². The number of rotatable bonds is 7. The number of benzene rings is 2. The molecule has 4 rings (SSSR count). The van der Waals surface area contributed by atoms with Crippen LogP contribution in [0, 0.1) is 0 Å². The van der Waals surface area contributed by atoms with E-state index in [1.165, 1.54) is 0 Å². The molecule has 2 aromatic carbocycles. The zero-order chi connectivity index (χ0) is 19.5. The minimum atomic E-state index is -0.209. The summed E-state index contributed by atoms with van der Waals surface area (Å²) in [6.45, 7) is 3.90. The number of hydrogen-bond donors (Lipinski definition) is 0. The highest BCUT2D eigenvalue weighted by molar-refractivity contribution is 7.22. The molecule has 0 amide bonds. The summed E-state index contributed by atoms with van der Waals surface area (Å²) in [5, 5.41) is 0.929. The highest BCUT2D eigenvalue weighted by atomic mass is 32.1. The fourth-order valence-corrected chi connectivity index (χ4v) is 4.15. The lowest BCUT2D eigenvalue weighted by molar-refractivity contribution is -0.149. The van der Waals surface area contributed by atoms with E-state index in [1.807, 2.05) is 49.4 Å². The first-order valence-electron chi connectivity index (χ1n) is 9.26. The zero-order valence-corrected chi connectivity index (χ0v) is 16.7. The lowest BCUT2D eigenvalue weighted by Crippen LogP contribution is -2.53. The van der Waals surface area contributed by atoms with Crippen molar-refractivity contribution >= 4 is 32.7 Å². The molecule has 0 N–H and O–H groups in total. The molecule has 0 saturated carbocycles. The highest BCUT2D eigenvalue weighted by Crippen LogP contribution is 2.35. The van der Waals surface area contributed by atoms with Gasteiger partial charge in [-0.25, -0.2) is 4.98 Å². The number of thiazole rings is 1. The Labute approximate surface area is 167 Å². The van der Waals surface area contributed by atoms with Crippen molar-refractivity contribution in [3.8, 4) is 11.5 Å². The van der Waals surface area contributed by atoms with Crippen LogP contribution in [0.3, 0.4) is 0 Å². The lowest BCUT2D eigenvalue weighted by atomic mass is 10.1. The summed E-state index contributed by atoms with van der Waals surface area (Å²) < 4.78 is 17.5. The van der Waals surface area contributed by atoms with E-state index in [2.05, 4.69) is 9.88 Å². The third-order valence-electron chi connectivity index (χ3n) is 4.59. The topological polar surface area (TPSA) is 60.9 Å². The first-order chi connectivity index (χ1) is 13.7. The van der Waals surface area contributed by atoms with Crippen LogP contribution in [0.15, 0.2) is 42.5 Å². The van der Waals surface area contributed by atoms with E-state index < -0.39 is 0 Å². The van der Waals surface area contributed by atoms with Crippen molar-refractivity contribution in [3.05, 3.63) is 48.0 Å². The summed E-state index contributed by atoms with van der Waals surface area (Å²) in [4.78, 5) is 19.0. The van der Waals surface area contributed by atoms with Crippen LogP contribution in [-0.2, 0) is 16.0 Å². The number of para-hydroxylation sites is 1. The second-order valence-electron chi connectivity index (χ2n) is 6.57. The van der Waals surface area contributed by atoms with E-state index in [0.717, 1.165) is 32.4 Å². The van der Waals surface area contributed by atoms with Crippen molar-refractivity contribution in [2.45, 2.75) is 19.4 Å². The van der Waals surface area contributed by atoms with Gasteiger partial charge in [-0.1, -0.05) is 29.5 Å². The normalized spacial score (nSPS) is 14.0. The van der Waals surface area contributed by atoms with Gasteiger partial charge in [0.05, 0.1) is 37.9 Å². The number of ether oxygens (including phenoxy) is 3. The maximum Gasteiger partial charge on any atom is 0.310 e. The molecular weight excluding hydrogens is 376 g/mol. The molecule has 6 nitrogen and oxygen atoms in total. The molecule has 1 aromatic heterocycles. The maximum absolute atomic E-state index is 12.2. The van der Waals surface area contributed by atoms with Crippen LogP contribution in [0.5, 0.6) is 11.5 Å². The quantitative estimate of drug-likeness (QED) is 0.566. The summed E-state index contributed by atoms with van der Waals surface area (Å²) in [5.74, 6) is 1.38. The molecule has 7 heteroatoms. The molecule has 1 fully saturated rings. The molecule has 1 aliphatic rings. The SMILES string of the molecule is CCOc1ccc(CC(=O)OC2CN(c3nc4c(OC)cccc4s3)C2)cc1. The van der Waals surface area contributed by atoms with Gasteiger partial charge in [0, 0.05) is 0 Å². The van der Waals surface area contributed by atoms with Crippen LogP contribution < -0.4 is 14.4 Å². The van der Waals surface area contributed by atoms with Crippen LogP contribution in [0.25, 0.3) is 10.2 Å². The second kappa shape index (κ2) is 8.06. The fraction of sp³-hybridized carbons (Fsp3) is 0.333. The average molecular weight is 398 g/mol. The molecule has 0 unspecified atom stereocenters. The van der Waals surface area contributed by atoms with E-state index in [0.29, 0.717) is 19.7 Å². The summed E-state index contributed by atoms with van der Waals surface area (Å²) >= 11 is 1.62. The molecule has 0 atom stereocenters. The Balaban J connectivity index is 1.30. The third kappa shape index (κ3) is 3.89. The number of carbonyl (C=O) groups excluding carboxylic acids is 1. The van der Waals surface area contributed by atoms with Crippen molar-refractivity contribution < 1.29 is 19.0 Å². The van der Waals surface area contributed by atoms with Crippen molar-refractivity contribution in [2.75, 3.05) is 31.7 Å². The fourth-order valence-electron chi connectivity index (χ4n) is 3.14. The Bertz CT molecular complexity index is 964. The Hall–Kier alpha value is -2.80. The number of nitrogens with zero attached hydrogens (tertiary/aromatic N) is 2. The van der Waals surface area contributed by atoms with Crippen LogP contribution in [0.4, 0.5) is 5.13 Å². The van der Waals surface area contributed by atoms with Gasteiger partial charge in [-0.15, -0.1) is 0 Å². The lowest BCUT2D eigenvalue weighted by Gasteiger charge is -2.38. The summed E-state index contributed by atoms with van der Waals surface area (Å²) in [6.07, 6.45) is 0.172. The summed E-state index contributed by atoms with van der Waals surface area (Å²) in [5.41, 5.74) is 1.80. The number of anilines is 1. The van der Waals surface area contributed by atoms with Gasteiger partial charge in [0.25, 0.3) is 0 Å². The Morgan fingerprint density at radius 3 is 2.71 bits per heavy atom. The first kappa shape index (κ1) is 18.6. The average Bonchev–Trinajstić information content (AvgIpc) is 3.09. The van der Waals surface area contributed by atoms with E-state index in [-0.39, 0.29) is 18.5 Å².